The van der Waals surface area contributed by atoms with Gasteiger partial charge in [0, 0.05) is 10.5 Å². The van der Waals surface area contributed by atoms with Crippen LogP contribution >= 0.6 is 15.9 Å². The van der Waals surface area contributed by atoms with Crippen LogP contribution in [-0.4, -0.2) is 12.6 Å². The van der Waals surface area contributed by atoms with E-state index in [-0.39, 0.29) is 0 Å². The highest BCUT2D eigenvalue weighted by atomic mass is 79.9. The summed E-state index contributed by atoms with van der Waals surface area (Å²) in [6.07, 6.45) is 5.29. The first-order chi connectivity index (χ1) is 11.2. The van der Waals surface area contributed by atoms with Crippen LogP contribution in [0.25, 0.3) is 6.08 Å². The first kappa shape index (κ1) is 17.3. The lowest BCUT2D eigenvalue weighted by Gasteiger charge is -2.05. The van der Waals surface area contributed by atoms with Crippen molar-refractivity contribution in [1.82, 2.24) is 0 Å². The number of benzene rings is 2. The zero-order chi connectivity index (χ0) is 16.5. The van der Waals surface area contributed by atoms with Gasteiger partial charge >= 0.3 is 5.97 Å². The fraction of sp³-hybridized carbons (Fsp3) is 0.211. The van der Waals surface area contributed by atoms with Gasteiger partial charge in [-0.25, -0.2) is 4.79 Å². The molecule has 2 rings (SSSR count). The molecule has 0 atom stereocenters. The normalized spacial score (nSPS) is 10.7. The minimum Gasteiger partial charge on any atom is -0.494 e. The van der Waals surface area contributed by atoms with Crippen molar-refractivity contribution in [2.75, 3.05) is 6.61 Å². The molecule has 0 fully saturated rings. The summed E-state index contributed by atoms with van der Waals surface area (Å²) in [5.74, 6) is 0.950. The van der Waals surface area contributed by atoms with Gasteiger partial charge in [0.05, 0.1) is 6.61 Å². The quantitative estimate of drug-likeness (QED) is 0.287. The van der Waals surface area contributed by atoms with Crippen molar-refractivity contribution in [3.8, 4) is 11.5 Å². The lowest BCUT2D eigenvalue weighted by molar-refractivity contribution is -0.128. The fourth-order valence-corrected chi connectivity index (χ4v) is 2.09. The van der Waals surface area contributed by atoms with Gasteiger partial charge < -0.3 is 9.47 Å². The summed E-state index contributed by atoms with van der Waals surface area (Å²) in [5, 5.41) is 0. The van der Waals surface area contributed by atoms with E-state index in [1.807, 2.05) is 36.4 Å². The van der Waals surface area contributed by atoms with Crippen molar-refractivity contribution in [2.45, 2.75) is 19.8 Å². The van der Waals surface area contributed by atoms with Gasteiger partial charge in [0.15, 0.2) is 0 Å². The number of carbonyl (C=O) groups excluding carboxylic acids is 1. The Labute approximate surface area is 145 Å². The number of unbranched alkanes of at least 4 members (excludes halogenated alkanes) is 1. The molecule has 2 aromatic rings. The highest BCUT2D eigenvalue weighted by Gasteiger charge is 2.00. The van der Waals surface area contributed by atoms with Crippen molar-refractivity contribution >= 4 is 28.0 Å². The summed E-state index contributed by atoms with van der Waals surface area (Å²) >= 11 is 3.33. The Hall–Kier alpha value is -2.07. The second-order valence-electron chi connectivity index (χ2n) is 4.98. The maximum absolute atomic E-state index is 11.8. The Morgan fingerprint density at radius 3 is 2.35 bits per heavy atom. The number of hydrogen-bond acceptors (Lipinski definition) is 3. The molecule has 0 radical (unpaired) electrons. The number of hydrogen-bond donors (Lipinski definition) is 0. The molecule has 0 aliphatic heterocycles. The van der Waals surface area contributed by atoms with E-state index in [1.165, 1.54) is 6.08 Å². The number of carbonyl (C=O) groups is 1. The standard InChI is InChI=1S/C19H19BrO3/c1-2-3-14-22-17-9-4-15(5-10-17)6-13-19(21)23-18-11-7-16(20)8-12-18/h4-13H,2-3,14H2,1H3/b13-6+. The van der Waals surface area contributed by atoms with E-state index in [4.69, 9.17) is 9.47 Å². The third-order valence-corrected chi connectivity index (χ3v) is 3.62. The zero-order valence-electron chi connectivity index (χ0n) is 13.0. The van der Waals surface area contributed by atoms with Crippen LogP contribution in [0.3, 0.4) is 0 Å². The molecular formula is C19H19BrO3. The number of ether oxygens (including phenoxy) is 2. The average Bonchev–Trinajstić information content (AvgIpc) is 2.56. The maximum atomic E-state index is 11.8. The third kappa shape index (κ3) is 6.28. The van der Waals surface area contributed by atoms with Crippen molar-refractivity contribution in [3.63, 3.8) is 0 Å². The van der Waals surface area contributed by atoms with Crippen LogP contribution in [0.1, 0.15) is 25.3 Å². The molecule has 0 N–H and O–H groups in total. The molecule has 23 heavy (non-hydrogen) atoms. The van der Waals surface area contributed by atoms with Gasteiger partial charge in [0.2, 0.25) is 0 Å². The zero-order valence-corrected chi connectivity index (χ0v) is 14.6. The van der Waals surface area contributed by atoms with Gasteiger partial charge in [-0.3, -0.25) is 0 Å². The van der Waals surface area contributed by atoms with Crippen molar-refractivity contribution in [1.29, 1.82) is 0 Å². The monoisotopic (exact) mass is 374 g/mol. The molecule has 0 amide bonds. The average molecular weight is 375 g/mol. The van der Waals surface area contributed by atoms with Crippen molar-refractivity contribution in [3.05, 3.63) is 64.6 Å². The minimum absolute atomic E-state index is 0.407. The Kier molecular flexibility index (Phi) is 6.88. The largest absolute Gasteiger partial charge is 0.494 e. The second kappa shape index (κ2) is 9.16. The Morgan fingerprint density at radius 1 is 1.04 bits per heavy atom. The van der Waals surface area contributed by atoms with Crippen LogP contribution in [0.2, 0.25) is 0 Å². The van der Waals surface area contributed by atoms with E-state index in [0.717, 1.165) is 35.2 Å². The van der Waals surface area contributed by atoms with E-state index in [9.17, 15) is 4.79 Å². The Bertz CT molecular complexity index is 645. The second-order valence-corrected chi connectivity index (χ2v) is 5.90. The maximum Gasteiger partial charge on any atom is 0.336 e. The fourth-order valence-electron chi connectivity index (χ4n) is 1.83. The molecule has 120 valence electrons. The molecule has 0 heterocycles. The summed E-state index contributed by atoms with van der Waals surface area (Å²) in [7, 11) is 0. The molecule has 0 unspecified atom stereocenters. The topological polar surface area (TPSA) is 35.5 Å². The number of halogens is 1. The summed E-state index contributed by atoms with van der Waals surface area (Å²) in [4.78, 5) is 11.8. The molecule has 0 spiro atoms. The number of rotatable bonds is 7. The molecule has 0 saturated heterocycles. The van der Waals surface area contributed by atoms with E-state index in [0.29, 0.717) is 5.75 Å². The van der Waals surface area contributed by atoms with Gasteiger partial charge in [-0.2, -0.15) is 0 Å². The predicted octanol–water partition coefficient (Wildman–Crippen LogP) is 5.25. The summed E-state index contributed by atoms with van der Waals surface area (Å²) in [6, 6.07) is 14.7. The lowest BCUT2D eigenvalue weighted by Crippen LogP contribution is -2.03. The molecular weight excluding hydrogens is 356 g/mol. The molecule has 2 aromatic carbocycles. The summed E-state index contributed by atoms with van der Waals surface area (Å²) in [5.41, 5.74) is 0.917. The first-order valence-electron chi connectivity index (χ1n) is 7.55. The third-order valence-electron chi connectivity index (χ3n) is 3.09. The van der Waals surface area contributed by atoms with Crippen LogP contribution in [0, 0.1) is 0 Å². The van der Waals surface area contributed by atoms with Gasteiger partial charge in [-0.1, -0.05) is 41.4 Å². The molecule has 0 aliphatic carbocycles. The van der Waals surface area contributed by atoms with Gasteiger partial charge in [0.25, 0.3) is 0 Å². The molecule has 0 saturated carbocycles. The van der Waals surface area contributed by atoms with E-state index < -0.39 is 5.97 Å². The van der Waals surface area contributed by atoms with Crippen LogP contribution in [0.4, 0.5) is 0 Å². The van der Waals surface area contributed by atoms with Crippen LogP contribution < -0.4 is 9.47 Å². The molecule has 3 nitrogen and oxygen atoms in total. The highest BCUT2D eigenvalue weighted by Crippen LogP contribution is 2.17. The first-order valence-corrected chi connectivity index (χ1v) is 8.35. The van der Waals surface area contributed by atoms with Gasteiger partial charge in [0.1, 0.15) is 11.5 Å². The SMILES string of the molecule is CCCCOc1ccc(/C=C/C(=O)Oc2ccc(Br)cc2)cc1. The van der Waals surface area contributed by atoms with Crippen LogP contribution in [0.15, 0.2) is 59.1 Å². The van der Waals surface area contributed by atoms with E-state index in [1.54, 1.807) is 18.2 Å². The molecule has 0 aliphatic rings. The van der Waals surface area contributed by atoms with E-state index in [2.05, 4.69) is 22.9 Å². The molecule has 0 bridgehead atoms. The van der Waals surface area contributed by atoms with Crippen molar-refractivity contribution in [2.24, 2.45) is 0 Å². The van der Waals surface area contributed by atoms with Crippen molar-refractivity contribution < 1.29 is 14.3 Å². The lowest BCUT2D eigenvalue weighted by atomic mass is 10.2. The van der Waals surface area contributed by atoms with Crippen LogP contribution in [0.5, 0.6) is 11.5 Å². The highest BCUT2D eigenvalue weighted by molar-refractivity contribution is 9.10. The number of esters is 1. The van der Waals surface area contributed by atoms with Gasteiger partial charge in [-0.05, 0) is 54.5 Å². The Morgan fingerprint density at radius 2 is 1.70 bits per heavy atom. The summed E-state index contributed by atoms with van der Waals surface area (Å²) < 4.78 is 11.7. The minimum atomic E-state index is -0.407. The summed E-state index contributed by atoms with van der Waals surface area (Å²) in [6.45, 7) is 2.86. The predicted molar refractivity (Wildman–Crippen MR) is 95.7 cm³/mol. The Balaban J connectivity index is 1.86. The smallest absolute Gasteiger partial charge is 0.336 e. The van der Waals surface area contributed by atoms with Crippen LogP contribution in [-0.2, 0) is 4.79 Å². The molecule has 4 heteroatoms. The van der Waals surface area contributed by atoms with Gasteiger partial charge in [-0.15, -0.1) is 0 Å². The molecule has 0 aromatic heterocycles. The van der Waals surface area contributed by atoms with E-state index >= 15 is 0 Å².